The van der Waals surface area contributed by atoms with Crippen LogP contribution in [-0.4, -0.2) is 64.6 Å². The van der Waals surface area contributed by atoms with Gasteiger partial charge in [0.2, 0.25) is 0 Å². The molecule has 0 aromatic carbocycles. The zero-order chi connectivity index (χ0) is 25.4. The van der Waals surface area contributed by atoms with E-state index < -0.39 is 74.7 Å². The number of nitrogens with zero attached hydrogens (tertiary/aromatic N) is 2. The normalized spacial score (nSPS) is 34.5. The number of nitrogens with two attached hydrogens (primary N) is 1. The quantitative estimate of drug-likeness (QED) is 0.439. The summed E-state index contributed by atoms with van der Waals surface area (Å²) in [6, 6.07) is 0.136. The van der Waals surface area contributed by atoms with Gasteiger partial charge in [-0.2, -0.15) is 4.98 Å². The highest BCUT2D eigenvalue weighted by atomic mass is 31.2. The van der Waals surface area contributed by atoms with Crippen molar-refractivity contribution in [2.75, 3.05) is 12.3 Å². The number of rotatable bonds is 5. The van der Waals surface area contributed by atoms with Crippen molar-refractivity contribution in [3.05, 3.63) is 22.7 Å². The second kappa shape index (κ2) is 9.96. The fourth-order valence-corrected chi connectivity index (χ4v) is 5.24. The molecule has 7 atom stereocenters. The Morgan fingerprint density at radius 1 is 1.35 bits per heavy atom. The number of hydrogen-bond acceptors (Lipinski definition) is 10. The molecule has 3 rings (SSSR count). The van der Waals surface area contributed by atoms with Crippen LogP contribution in [-0.2, 0) is 32.6 Å². The summed E-state index contributed by atoms with van der Waals surface area (Å²) < 4.78 is 71.4. The van der Waals surface area contributed by atoms with Crippen LogP contribution in [0.15, 0.2) is 17.1 Å². The lowest BCUT2D eigenvalue weighted by atomic mass is 9.99. The third kappa shape index (κ3) is 5.99. The molecule has 192 valence electrons. The number of esters is 1. The predicted octanol–water partition coefficient (Wildman–Crippen LogP) is 1.60. The van der Waals surface area contributed by atoms with Gasteiger partial charge >= 0.3 is 19.4 Å². The van der Waals surface area contributed by atoms with Crippen molar-refractivity contribution in [1.82, 2.24) is 14.6 Å². The van der Waals surface area contributed by atoms with Gasteiger partial charge in [0.15, 0.2) is 24.4 Å². The van der Waals surface area contributed by atoms with E-state index in [9.17, 15) is 18.5 Å². The molecular weight excluding hydrogens is 481 g/mol. The predicted molar refractivity (Wildman–Crippen MR) is 114 cm³/mol. The van der Waals surface area contributed by atoms with Crippen LogP contribution in [0.1, 0.15) is 40.8 Å². The van der Waals surface area contributed by atoms with E-state index in [0.29, 0.717) is 0 Å². The van der Waals surface area contributed by atoms with E-state index in [4.69, 9.17) is 29.0 Å². The second-order valence-corrected chi connectivity index (χ2v) is 10.4. The number of anilines is 1. The van der Waals surface area contributed by atoms with Gasteiger partial charge in [-0.3, -0.25) is 18.4 Å². The molecule has 2 fully saturated rings. The average Bonchev–Trinajstić information content (AvgIpc) is 2.69. The first-order valence-corrected chi connectivity index (χ1v) is 12.2. The fraction of sp³-hybridized carbons (Fsp3) is 0.737. The first kappa shape index (κ1) is 26.6. The van der Waals surface area contributed by atoms with Gasteiger partial charge in [0.25, 0.3) is 0 Å². The summed E-state index contributed by atoms with van der Waals surface area (Å²) in [5.74, 6) is -2.55. The van der Waals surface area contributed by atoms with Gasteiger partial charge in [0.1, 0.15) is 24.1 Å². The van der Waals surface area contributed by atoms with Crippen LogP contribution >= 0.6 is 7.75 Å². The van der Waals surface area contributed by atoms with E-state index in [0.717, 1.165) is 10.8 Å². The van der Waals surface area contributed by atoms with Crippen LogP contribution in [0.5, 0.6) is 0 Å². The highest BCUT2D eigenvalue weighted by Gasteiger charge is 2.53. The lowest BCUT2D eigenvalue weighted by Crippen LogP contribution is -2.59. The Hall–Kier alpha value is -1.96. The minimum absolute atomic E-state index is 0.101. The maximum atomic E-state index is 15.1. The largest absolute Gasteiger partial charge is 0.462 e. The number of alkyl halides is 2. The molecule has 3 heterocycles. The molecule has 3 N–H and O–H groups in total. The van der Waals surface area contributed by atoms with Gasteiger partial charge in [-0.1, -0.05) is 0 Å². The van der Waals surface area contributed by atoms with Crippen molar-refractivity contribution in [2.24, 2.45) is 0 Å². The Bertz CT molecular complexity index is 1010. The number of halogens is 2. The zero-order valence-electron chi connectivity index (χ0n) is 19.3. The standard InChI is InChI=1S/C19H29F2N4O8P/c1-9(2)30-17(26)10(3)24-34(28)29-8-11-15(32-19(4,5)33-34)13(20)14(21)16(31-11)25-7-6-12(22)23-18(25)27/h6-7,9-11,13-16H,8H2,1-5H3,(H,24,28)(H2,22,23,27)/t10-,11+,13?,14-,15?,16+,34?/m0/s1. The highest BCUT2D eigenvalue weighted by Crippen LogP contribution is 2.51. The summed E-state index contributed by atoms with van der Waals surface area (Å²) >= 11 is 0. The Morgan fingerprint density at radius 2 is 2.03 bits per heavy atom. The van der Waals surface area contributed by atoms with Crippen LogP contribution in [0.3, 0.4) is 0 Å². The van der Waals surface area contributed by atoms with E-state index >= 15 is 4.39 Å². The molecule has 2 saturated heterocycles. The van der Waals surface area contributed by atoms with Crippen molar-refractivity contribution < 1.29 is 41.4 Å². The van der Waals surface area contributed by atoms with E-state index in [1.54, 1.807) is 13.8 Å². The van der Waals surface area contributed by atoms with Gasteiger partial charge in [-0.25, -0.2) is 23.2 Å². The molecule has 2 aliphatic heterocycles. The molecule has 1 aromatic rings. The summed E-state index contributed by atoms with van der Waals surface area (Å²) in [7, 11) is -4.24. The molecule has 15 heteroatoms. The Balaban J connectivity index is 1.84. The van der Waals surface area contributed by atoms with Crippen LogP contribution < -0.4 is 16.5 Å². The van der Waals surface area contributed by atoms with Crippen molar-refractivity contribution in [1.29, 1.82) is 0 Å². The topological polar surface area (TPSA) is 153 Å². The zero-order valence-corrected chi connectivity index (χ0v) is 20.2. The summed E-state index contributed by atoms with van der Waals surface area (Å²) in [5, 5.41) is 2.45. The molecule has 12 nitrogen and oxygen atoms in total. The van der Waals surface area contributed by atoms with Gasteiger partial charge in [-0.05, 0) is 40.7 Å². The van der Waals surface area contributed by atoms with Crippen LogP contribution in [0.2, 0.25) is 0 Å². The van der Waals surface area contributed by atoms with Crippen LogP contribution in [0, 0.1) is 0 Å². The molecule has 0 aliphatic carbocycles. The monoisotopic (exact) mass is 510 g/mol. The first-order chi connectivity index (χ1) is 15.7. The highest BCUT2D eigenvalue weighted by molar-refractivity contribution is 7.51. The van der Waals surface area contributed by atoms with Crippen LogP contribution in [0.4, 0.5) is 14.6 Å². The lowest BCUT2D eigenvalue weighted by Gasteiger charge is -2.45. The molecule has 0 saturated carbocycles. The minimum atomic E-state index is -4.24. The van der Waals surface area contributed by atoms with E-state index in [-0.39, 0.29) is 5.82 Å². The average molecular weight is 510 g/mol. The number of hydrogen-bond donors (Lipinski definition) is 2. The summed E-state index contributed by atoms with van der Waals surface area (Å²) in [6.07, 6.45) is -8.38. The Kier molecular flexibility index (Phi) is 7.80. The fourth-order valence-electron chi connectivity index (χ4n) is 3.51. The maximum absolute atomic E-state index is 15.1. The molecule has 2 aliphatic rings. The Labute approximate surface area is 194 Å². The second-order valence-electron chi connectivity index (χ2n) is 8.70. The molecule has 0 amide bonds. The Morgan fingerprint density at radius 3 is 2.65 bits per heavy atom. The van der Waals surface area contributed by atoms with E-state index in [1.165, 1.54) is 26.8 Å². The molecule has 3 unspecified atom stereocenters. The SMILES string of the molecule is CC(C)OC(=O)[C@H](C)NP1(=O)OC[C@H]2O[C@@H](n3ccc(N)nc3=O)[C@@H](F)C(F)C2OC(C)(C)O1. The van der Waals surface area contributed by atoms with Gasteiger partial charge in [0.05, 0.1) is 12.7 Å². The van der Waals surface area contributed by atoms with Crippen molar-refractivity contribution in [2.45, 2.75) is 83.3 Å². The van der Waals surface area contributed by atoms with Crippen molar-refractivity contribution in [3.63, 3.8) is 0 Å². The van der Waals surface area contributed by atoms with E-state index in [2.05, 4.69) is 10.1 Å². The van der Waals surface area contributed by atoms with E-state index in [1.807, 2.05) is 0 Å². The molecule has 0 bridgehead atoms. The molecule has 34 heavy (non-hydrogen) atoms. The molecular formula is C19H29F2N4O8P. The number of ether oxygens (including phenoxy) is 3. The van der Waals surface area contributed by atoms with Gasteiger partial charge in [-0.15, -0.1) is 0 Å². The number of nitrogens with one attached hydrogen (secondary N) is 1. The number of aromatic nitrogens is 2. The van der Waals surface area contributed by atoms with Crippen molar-refractivity contribution >= 4 is 19.5 Å². The number of carbonyl (C=O) groups excluding carboxylic acids is 1. The van der Waals surface area contributed by atoms with Gasteiger partial charge < -0.3 is 19.9 Å². The number of nitrogen functional groups attached to an aromatic ring is 1. The molecule has 0 radical (unpaired) electrons. The number of carbonyl (C=O) groups is 1. The smallest absolute Gasteiger partial charge is 0.408 e. The first-order valence-electron chi connectivity index (χ1n) is 10.6. The van der Waals surface area contributed by atoms with Crippen molar-refractivity contribution in [3.8, 4) is 0 Å². The number of fused-ring (bicyclic) bond motifs is 1. The van der Waals surface area contributed by atoms with Gasteiger partial charge in [0, 0.05) is 6.20 Å². The van der Waals surface area contributed by atoms with Crippen LogP contribution in [0.25, 0.3) is 0 Å². The molecule has 0 spiro atoms. The maximum Gasteiger partial charge on any atom is 0.408 e. The third-order valence-corrected chi connectivity index (χ3v) is 6.80. The summed E-state index contributed by atoms with van der Waals surface area (Å²) in [6.45, 7) is 6.77. The third-order valence-electron chi connectivity index (χ3n) is 4.92. The minimum Gasteiger partial charge on any atom is -0.462 e. The molecule has 1 aromatic heterocycles. The summed E-state index contributed by atoms with van der Waals surface area (Å²) in [5.41, 5.74) is 4.51. The summed E-state index contributed by atoms with van der Waals surface area (Å²) in [4.78, 5) is 27.8. The lowest BCUT2D eigenvalue weighted by molar-refractivity contribution is -0.295.